The third-order valence-corrected chi connectivity index (χ3v) is 5.68. The van der Waals surface area contributed by atoms with E-state index >= 15 is 0 Å². The number of ether oxygens (including phenoxy) is 1. The normalized spacial score (nSPS) is 18.3. The Morgan fingerprint density at radius 2 is 2.08 bits per heavy atom. The lowest BCUT2D eigenvalue weighted by molar-refractivity contribution is -0.126. The summed E-state index contributed by atoms with van der Waals surface area (Å²) >= 11 is 1.65. The van der Waals surface area contributed by atoms with Gasteiger partial charge in [-0.3, -0.25) is 9.69 Å². The zero-order valence-corrected chi connectivity index (χ0v) is 15.9. The molecule has 1 aromatic rings. The molecule has 0 bridgehead atoms. The van der Waals surface area contributed by atoms with Gasteiger partial charge >= 0.3 is 0 Å². The van der Waals surface area contributed by atoms with E-state index in [0.29, 0.717) is 19.8 Å². The molecule has 0 aromatic carbocycles. The minimum Gasteiger partial charge on any atom is -0.379 e. The van der Waals surface area contributed by atoms with Gasteiger partial charge in [-0.05, 0) is 25.3 Å². The van der Waals surface area contributed by atoms with Crippen molar-refractivity contribution in [1.82, 2.24) is 14.9 Å². The zero-order chi connectivity index (χ0) is 17.8. The highest BCUT2D eigenvalue weighted by Crippen LogP contribution is 2.25. The van der Waals surface area contributed by atoms with Crippen LogP contribution in [0.4, 0.5) is 0 Å². The molecule has 2 N–H and O–H groups in total. The molecule has 0 aliphatic carbocycles. The molecule has 24 heavy (non-hydrogen) atoms. The van der Waals surface area contributed by atoms with Crippen LogP contribution in [-0.4, -0.2) is 63.9 Å². The quantitative estimate of drug-likeness (QED) is 0.727. The van der Waals surface area contributed by atoms with Crippen LogP contribution in [-0.2, 0) is 19.6 Å². The summed E-state index contributed by atoms with van der Waals surface area (Å²) in [5, 5.41) is 4.90. The molecule has 136 valence electrons. The summed E-state index contributed by atoms with van der Waals surface area (Å²) < 4.78 is 30.6. The van der Waals surface area contributed by atoms with Crippen LogP contribution in [0.5, 0.6) is 0 Å². The molecule has 1 aliphatic heterocycles. The van der Waals surface area contributed by atoms with E-state index in [-0.39, 0.29) is 11.9 Å². The second-order valence-corrected chi connectivity index (χ2v) is 9.12. The Hall–Kier alpha value is -1.00. The first-order valence-electron chi connectivity index (χ1n) is 7.81. The van der Waals surface area contributed by atoms with E-state index in [2.05, 4.69) is 21.0 Å². The number of nitrogens with zero attached hydrogens (tertiary/aromatic N) is 1. The highest BCUT2D eigenvalue weighted by Gasteiger charge is 2.32. The smallest absolute Gasteiger partial charge is 0.240 e. The van der Waals surface area contributed by atoms with Gasteiger partial charge in [-0.15, -0.1) is 11.3 Å². The number of morpholine rings is 1. The van der Waals surface area contributed by atoms with E-state index in [0.717, 1.165) is 19.3 Å². The molecule has 1 unspecified atom stereocenters. The van der Waals surface area contributed by atoms with Crippen LogP contribution in [0.2, 0.25) is 0 Å². The Bertz CT molecular complexity index is 638. The molecule has 1 aromatic heterocycles. The minimum atomic E-state index is -3.46. The molecule has 2 heterocycles. The van der Waals surface area contributed by atoms with Gasteiger partial charge in [0.2, 0.25) is 15.9 Å². The van der Waals surface area contributed by atoms with E-state index in [1.807, 2.05) is 11.4 Å². The molecule has 9 heteroatoms. The van der Waals surface area contributed by atoms with E-state index in [1.165, 1.54) is 4.88 Å². The summed E-state index contributed by atoms with van der Waals surface area (Å²) in [5.41, 5.74) is -1.20. The molecule has 1 fully saturated rings. The number of thiophene rings is 1. The van der Waals surface area contributed by atoms with Crippen LogP contribution in [0.1, 0.15) is 24.8 Å². The second kappa shape index (κ2) is 7.92. The topological polar surface area (TPSA) is 87.7 Å². The van der Waals surface area contributed by atoms with Gasteiger partial charge in [-0.1, -0.05) is 6.07 Å². The van der Waals surface area contributed by atoms with Crippen molar-refractivity contribution < 1.29 is 17.9 Å². The van der Waals surface area contributed by atoms with Crippen molar-refractivity contribution in [2.24, 2.45) is 0 Å². The maximum atomic E-state index is 12.4. The summed E-state index contributed by atoms with van der Waals surface area (Å²) in [7, 11) is -3.46. The molecule has 1 aliphatic rings. The average molecular weight is 376 g/mol. The van der Waals surface area contributed by atoms with E-state index < -0.39 is 15.6 Å². The largest absolute Gasteiger partial charge is 0.379 e. The number of nitrogens with one attached hydrogen (secondary N) is 2. The lowest BCUT2D eigenvalue weighted by atomic mass is 10.1. The summed E-state index contributed by atoms with van der Waals surface area (Å²) in [6, 6.07) is 4.10. The van der Waals surface area contributed by atoms with Crippen LogP contribution in [0, 0.1) is 0 Å². The summed E-state index contributed by atoms with van der Waals surface area (Å²) in [6.07, 6.45) is 1.05. The first-order chi connectivity index (χ1) is 11.2. The number of sulfonamides is 1. The van der Waals surface area contributed by atoms with Crippen LogP contribution in [0.25, 0.3) is 0 Å². The maximum Gasteiger partial charge on any atom is 0.240 e. The average Bonchev–Trinajstić information content (AvgIpc) is 3.00. The second-order valence-electron chi connectivity index (χ2n) is 6.39. The number of carbonyl (C=O) groups is 1. The van der Waals surface area contributed by atoms with Crippen molar-refractivity contribution in [1.29, 1.82) is 0 Å². The summed E-state index contributed by atoms with van der Waals surface area (Å²) in [6.45, 7) is 6.51. The predicted molar refractivity (Wildman–Crippen MR) is 94.5 cm³/mol. The van der Waals surface area contributed by atoms with Crippen LogP contribution < -0.4 is 10.0 Å². The Kier molecular flexibility index (Phi) is 6.38. The molecule has 7 nitrogen and oxygen atoms in total. The van der Waals surface area contributed by atoms with Gasteiger partial charge < -0.3 is 10.1 Å². The summed E-state index contributed by atoms with van der Waals surface area (Å²) in [4.78, 5) is 15.9. The van der Waals surface area contributed by atoms with E-state index in [1.54, 1.807) is 25.2 Å². The Labute approximate surface area is 147 Å². The van der Waals surface area contributed by atoms with Crippen molar-refractivity contribution in [3.63, 3.8) is 0 Å². The van der Waals surface area contributed by atoms with Gasteiger partial charge in [-0.2, -0.15) is 0 Å². The molecule has 2 rings (SSSR count). The Morgan fingerprint density at radius 3 is 2.62 bits per heavy atom. The highest BCUT2D eigenvalue weighted by molar-refractivity contribution is 7.88. The zero-order valence-electron chi connectivity index (χ0n) is 14.2. The third kappa shape index (κ3) is 5.52. The fraction of sp³-hybridized carbons (Fsp3) is 0.667. The minimum absolute atomic E-state index is 0.0619. The first-order valence-corrected chi connectivity index (χ1v) is 10.6. The fourth-order valence-electron chi connectivity index (χ4n) is 2.70. The van der Waals surface area contributed by atoms with Crippen molar-refractivity contribution in [2.45, 2.75) is 25.4 Å². The number of hydrogen-bond acceptors (Lipinski definition) is 6. The fourth-order valence-corrected chi connectivity index (χ4v) is 4.58. The van der Waals surface area contributed by atoms with Gasteiger partial charge in [0.1, 0.15) is 5.54 Å². The molecule has 0 spiro atoms. The van der Waals surface area contributed by atoms with E-state index in [9.17, 15) is 13.2 Å². The number of carbonyl (C=O) groups excluding carboxylic acids is 1. The Morgan fingerprint density at radius 1 is 1.42 bits per heavy atom. The lowest BCUT2D eigenvalue weighted by Crippen LogP contribution is -2.55. The maximum absolute atomic E-state index is 12.4. The standard InChI is InChI=1S/C15H25N3O4S2/c1-15(2,17-24(3,20)21)14(19)16-11-12(13-5-4-10-23-13)18-6-8-22-9-7-18/h4-5,10,12,17H,6-9,11H2,1-3H3,(H,16,19). The summed E-state index contributed by atoms with van der Waals surface area (Å²) in [5.74, 6) is -0.345. The van der Waals surface area contributed by atoms with Crippen molar-refractivity contribution in [3.05, 3.63) is 22.4 Å². The lowest BCUT2D eigenvalue weighted by Gasteiger charge is -2.35. The van der Waals surface area contributed by atoms with Crippen molar-refractivity contribution in [2.75, 3.05) is 39.1 Å². The van der Waals surface area contributed by atoms with Crippen LogP contribution in [0.15, 0.2) is 17.5 Å². The molecule has 1 saturated heterocycles. The number of amides is 1. The molecular formula is C15H25N3O4S2. The SMILES string of the molecule is CC(C)(NS(C)(=O)=O)C(=O)NCC(c1cccs1)N1CCOCC1. The number of rotatable bonds is 7. The molecule has 0 radical (unpaired) electrons. The molecule has 0 saturated carbocycles. The van der Waals surface area contributed by atoms with Gasteiger partial charge in [0.25, 0.3) is 0 Å². The van der Waals surface area contributed by atoms with E-state index in [4.69, 9.17) is 4.74 Å². The monoisotopic (exact) mass is 375 g/mol. The predicted octanol–water partition coefficient (Wildman–Crippen LogP) is 0.565. The van der Waals surface area contributed by atoms with Gasteiger partial charge in [0, 0.05) is 24.5 Å². The van der Waals surface area contributed by atoms with Crippen LogP contribution >= 0.6 is 11.3 Å². The van der Waals surface area contributed by atoms with Crippen LogP contribution in [0.3, 0.4) is 0 Å². The van der Waals surface area contributed by atoms with Crippen molar-refractivity contribution in [3.8, 4) is 0 Å². The third-order valence-electron chi connectivity index (χ3n) is 3.82. The van der Waals surface area contributed by atoms with Gasteiger partial charge in [0.05, 0.1) is 25.5 Å². The molecular weight excluding hydrogens is 350 g/mol. The first kappa shape index (κ1) is 19.3. The molecule has 1 amide bonds. The molecule has 1 atom stereocenters. The Balaban J connectivity index is 2.03. The van der Waals surface area contributed by atoms with Gasteiger partial charge in [0.15, 0.2) is 0 Å². The highest BCUT2D eigenvalue weighted by atomic mass is 32.2. The number of hydrogen-bond donors (Lipinski definition) is 2. The van der Waals surface area contributed by atoms with Gasteiger partial charge in [-0.25, -0.2) is 13.1 Å². The van der Waals surface area contributed by atoms with Crippen molar-refractivity contribution >= 4 is 27.3 Å².